The van der Waals surface area contributed by atoms with Crippen LogP contribution in [0.1, 0.15) is 27.2 Å². The zero-order valence-corrected chi connectivity index (χ0v) is 12.3. The van der Waals surface area contributed by atoms with Crippen LogP contribution in [0.2, 0.25) is 0 Å². The van der Waals surface area contributed by atoms with Crippen molar-refractivity contribution >= 4 is 21.8 Å². The number of aliphatic carboxylic acids is 1. The molecule has 0 spiro atoms. The quantitative estimate of drug-likeness (QED) is 0.593. The summed E-state index contributed by atoms with van der Waals surface area (Å²) >= 11 is 0. The predicted octanol–water partition coefficient (Wildman–Crippen LogP) is 0.221. The van der Waals surface area contributed by atoms with Gasteiger partial charge >= 0.3 is 12.0 Å². The highest BCUT2D eigenvalue weighted by molar-refractivity contribution is 7.91. The molecule has 0 aromatic heterocycles. The van der Waals surface area contributed by atoms with Gasteiger partial charge in [-0.3, -0.25) is 4.79 Å². The lowest BCUT2D eigenvalue weighted by atomic mass is 9.88. The summed E-state index contributed by atoms with van der Waals surface area (Å²) in [6.07, 6.45) is 0.382. The molecule has 1 atom stereocenters. The van der Waals surface area contributed by atoms with Gasteiger partial charge in [-0.1, -0.05) is 13.8 Å². The molecule has 2 amide bonds. The van der Waals surface area contributed by atoms with E-state index in [1.807, 2.05) is 0 Å². The van der Waals surface area contributed by atoms with Gasteiger partial charge in [0.05, 0.1) is 11.2 Å². The Bertz CT molecular complexity index is 421. The smallest absolute Gasteiger partial charge is 0.314 e. The Labute approximate surface area is 113 Å². The second-order valence-electron chi connectivity index (χ2n) is 4.57. The average molecular weight is 294 g/mol. The Balaban J connectivity index is 4.10. The minimum atomic E-state index is -3.11. The Kier molecular flexibility index (Phi) is 6.82. The summed E-state index contributed by atoms with van der Waals surface area (Å²) in [5.41, 5.74) is -1.02. The van der Waals surface area contributed by atoms with Crippen molar-refractivity contribution in [3.63, 3.8) is 0 Å². The maximum Gasteiger partial charge on any atom is 0.314 e. The lowest BCUT2D eigenvalue weighted by Gasteiger charge is -2.23. The number of carbonyl (C=O) groups is 2. The summed E-state index contributed by atoms with van der Waals surface area (Å²) in [5, 5.41) is 13.8. The van der Waals surface area contributed by atoms with Crippen LogP contribution < -0.4 is 10.6 Å². The summed E-state index contributed by atoms with van der Waals surface area (Å²) in [5.74, 6) is -1.08. The molecule has 0 aliphatic heterocycles. The van der Waals surface area contributed by atoms with Crippen molar-refractivity contribution in [1.82, 2.24) is 10.6 Å². The second-order valence-corrected chi connectivity index (χ2v) is 7.04. The number of nitrogens with one attached hydrogen (secondary N) is 2. The van der Waals surface area contributed by atoms with Crippen LogP contribution in [0.4, 0.5) is 4.79 Å². The molecule has 0 heterocycles. The highest BCUT2D eigenvalue weighted by Crippen LogP contribution is 2.19. The van der Waals surface area contributed by atoms with Crippen molar-refractivity contribution in [3.8, 4) is 0 Å². The number of carboxylic acids is 1. The van der Waals surface area contributed by atoms with Gasteiger partial charge < -0.3 is 15.7 Å². The molecule has 0 saturated heterocycles. The van der Waals surface area contributed by atoms with Crippen molar-refractivity contribution in [2.24, 2.45) is 5.41 Å². The van der Waals surface area contributed by atoms with Crippen LogP contribution in [0.25, 0.3) is 0 Å². The number of sulfone groups is 1. The fourth-order valence-electron chi connectivity index (χ4n) is 1.15. The third-order valence-corrected chi connectivity index (χ3v) is 4.78. The zero-order chi connectivity index (χ0) is 15.1. The van der Waals surface area contributed by atoms with Crippen molar-refractivity contribution in [3.05, 3.63) is 0 Å². The molecule has 112 valence electrons. The lowest BCUT2D eigenvalue weighted by molar-refractivity contribution is -0.147. The van der Waals surface area contributed by atoms with Crippen molar-refractivity contribution in [1.29, 1.82) is 0 Å². The van der Waals surface area contributed by atoms with Crippen LogP contribution >= 0.6 is 0 Å². The normalized spacial score (nSPS) is 14.5. The molecule has 19 heavy (non-hydrogen) atoms. The van der Waals surface area contributed by atoms with Gasteiger partial charge in [-0.15, -0.1) is 0 Å². The van der Waals surface area contributed by atoms with Gasteiger partial charge in [0.15, 0.2) is 9.84 Å². The van der Waals surface area contributed by atoms with Gasteiger partial charge in [-0.25, -0.2) is 13.2 Å². The topological polar surface area (TPSA) is 113 Å². The number of hydrogen-bond donors (Lipinski definition) is 3. The zero-order valence-electron chi connectivity index (χ0n) is 11.5. The first kappa shape index (κ1) is 17.7. The van der Waals surface area contributed by atoms with Crippen LogP contribution in [0, 0.1) is 5.41 Å². The summed E-state index contributed by atoms with van der Waals surface area (Å²) in [6, 6.07) is -0.563. The third-order valence-electron chi connectivity index (χ3n) is 3.07. The minimum Gasteiger partial charge on any atom is -0.481 e. The van der Waals surface area contributed by atoms with E-state index in [1.165, 1.54) is 13.8 Å². The molecule has 1 unspecified atom stereocenters. The second kappa shape index (κ2) is 7.32. The van der Waals surface area contributed by atoms with Crippen molar-refractivity contribution < 1.29 is 23.1 Å². The van der Waals surface area contributed by atoms with E-state index < -0.39 is 27.3 Å². The van der Waals surface area contributed by atoms with E-state index in [4.69, 9.17) is 5.11 Å². The van der Waals surface area contributed by atoms with Crippen LogP contribution in [0.3, 0.4) is 0 Å². The SMILES string of the molecule is CCC(C)(CNC(=O)NCCS(=O)(=O)CC)C(=O)O. The average Bonchev–Trinajstić information content (AvgIpc) is 2.35. The molecular weight excluding hydrogens is 272 g/mol. The standard InChI is InChI=1S/C11H22N2O5S/c1-4-11(3,9(14)15)8-13-10(16)12-6-7-19(17,18)5-2/h4-8H2,1-3H3,(H,14,15)(H2,12,13,16). The van der Waals surface area contributed by atoms with E-state index in [0.717, 1.165) is 0 Å². The first-order valence-electron chi connectivity index (χ1n) is 6.12. The van der Waals surface area contributed by atoms with E-state index in [0.29, 0.717) is 6.42 Å². The lowest BCUT2D eigenvalue weighted by Crippen LogP contribution is -2.45. The molecule has 0 rings (SSSR count). The first-order chi connectivity index (χ1) is 8.67. The van der Waals surface area contributed by atoms with E-state index >= 15 is 0 Å². The Hall–Kier alpha value is -1.31. The van der Waals surface area contributed by atoms with Gasteiger partial charge in [0, 0.05) is 18.8 Å². The van der Waals surface area contributed by atoms with Gasteiger partial charge in [-0.2, -0.15) is 0 Å². The molecule has 0 aliphatic rings. The van der Waals surface area contributed by atoms with Gasteiger partial charge in [-0.05, 0) is 13.3 Å². The number of carboxylic acid groups (broad SMARTS) is 1. The molecule has 0 aromatic rings. The number of hydrogen-bond acceptors (Lipinski definition) is 4. The molecule has 3 N–H and O–H groups in total. The fourth-order valence-corrected chi connectivity index (χ4v) is 1.86. The van der Waals surface area contributed by atoms with E-state index in [-0.39, 0.29) is 24.6 Å². The molecule has 0 bridgehead atoms. The molecule has 0 aromatic carbocycles. The minimum absolute atomic E-state index is 0.00874. The van der Waals surface area contributed by atoms with Crippen molar-refractivity contribution in [2.45, 2.75) is 27.2 Å². The monoisotopic (exact) mass is 294 g/mol. The molecule has 8 heteroatoms. The highest BCUT2D eigenvalue weighted by Gasteiger charge is 2.31. The number of amides is 2. The van der Waals surface area contributed by atoms with Crippen molar-refractivity contribution in [2.75, 3.05) is 24.6 Å². The van der Waals surface area contributed by atoms with E-state index in [9.17, 15) is 18.0 Å². The predicted molar refractivity (Wildman–Crippen MR) is 71.8 cm³/mol. The number of carbonyl (C=O) groups excluding carboxylic acids is 1. The fraction of sp³-hybridized carbons (Fsp3) is 0.818. The molecule has 0 fully saturated rings. The van der Waals surface area contributed by atoms with Gasteiger partial charge in [0.2, 0.25) is 0 Å². The summed E-state index contributed by atoms with van der Waals surface area (Å²) in [4.78, 5) is 22.4. The summed E-state index contributed by atoms with van der Waals surface area (Å²) in [6.45, 7) is 4.80. The summed E-state index contributed by atoms with van der Waals surface area (Å²) < 4.78 is 22.4. The maximum atomic E-state index is 11.4. The first-order valence-corrected chi connectivity index (χ1v) is 7.94. The Morgan fingerprint density at radius 2 is 1.79 bits per heavy atom. The van der Waals surface area contributed by atoms with E-state index in [1.54, 1.807) is 6.92 Å². The van der Waals surface area contributed by atoms with E-state index in [2.05, 4.69) is 10.6 Å². The molecule has 0 aliphatic carbocycles. The molecule has 7 nitrogen and oxygen atoms in total. The number of rotatable bonds is 8. The molecule has 0 radical (unpaired) electrons. The molecular formula is C11H22N2O5S. The largest absolute Gasteiger partial charge is 0.481 e. The number of urea groups is 1. The van der Waals surface area contributed by atoms with Gasteiger partial charge in [0.25, 0.3) is 0 Å². The summed E-state index contributed by atoms with van der Waals surface area (Å²) in [7, 11) is -3.11. The van der Waals surface area contributed by atoms with Crippen LogP contribution in [0.15, 0.2) is 0 Å². The van der Waals surface area contributed by atoms with Crippen LogP contribution in [-0.2, 0) is 14.6 Å². The third kappa shape index (κ3) is 6.42. The maximum absolute atomic E-state index is 11.4. The van der Waals surface area contributed by atoms with Crippen LogP contribution in [0.5, 0.6) is 0 Å². The molecule has 0 saturated carbocycles. The van der Waals surface area contributed by atoms with Crippen LogP contribution in [-0.4, -0.2) is 50.1 Å². The highest BCUT2D eigenvalue weighted by atomic mass is 32.2. The van der Waals surface area contributed by atoms with Gasteiger partial charge in [0.1, 0.15) is 0 Å². The Morgan fingerprint density at radius 1 is 1.21 bits per heavy atom. The Morgan fingerprint density at radius 3 is 2.21 bits per heavy atom.